The molecule has 0 aliphatic carbocycles. The summed E-state index contributed by atoms with van der Waals surface area (Å²) in [7, 11) is 1.87. The smallest absolute Gasteiger partial charge is 0.193 e. The van der Waals surface area contributed by atoms with Gasteiger partial charge in [0, 0.05) is 50.7 Å². The molecule has 1 aliphatic rings. The molecule has 1 aliphatic heterocycles. The first kappa shape index (κ1) is 20.5. The summed E-state index contributed by atoms with van der Waals surface area (Å²) in [5.41, 5.74) is 0. The van der Waals surface area contributed by atoms with Gasteiger partial charge in [-0.2, -0.15) is 11.8 Å². The topological polar surface area (TPSA) is 58.3 Å². The number of nitrogens with zero attached hydrogens (tertiary/aromatic N) is 5. The standard InChI is InChI=1S/C15H28N6S.HI/c1-5-14-19-18-11-21(14)7-6-17-15(16-4)20-8-9-22-13(10-20)12(2)3;/h11-13H,5-10H2,1-4H3,(H,16,17);1H. The third-order valence-corrected chi connectivity index (χ3v) is 5.54. The van der Waals surface area contributed by atoms with E-state index in [1.165, 1.54) is 5.75 Å². The molecular weight excluding hydrogens is 423 g/mol. The van der Waals surface area contributed by atoms with Gasteiger partial charge in [-0.05, 0) is 5.92 Å². The fraction of sp³-hybridized carbons (Fsp3) is 0.800. The maximum Gasteiger partial charge on any atom is 0.193 e. The molecule has 0 bridgehead atoms. The molecule has 1 aromatic heterocycles. The minimum Gasteiger partial charge on any atom is -0.354 e. The molecule has 1 unspecified atom stereocenters. The zero-order valence-corrected chi connectivity index (χ0v) is 17.7. The van der Waals surface area contributed by atoms with Crippen LogP contribution in [0.3, 0.4) is 0 Å². The lowest BCUT2D eigenvalue weighted by Crippen LogP contribution is -2.49. The molecule has 0 aromatic carbocycles. The fourth-order valence-electron chi connectivity index (χ4n) is 2.63. The summed E-state index contributed by atoms with van der Waals surface area (Å²) >= 11 is 2.08. The van der Waals surface area contributed by atoms with Crippen molar-refractivity contribution in [1.82, 2.24) is 25.0 Å². The average molecular weight is 452 g/mol. The van der Waals surface area contributed by atoms with Crippen molar-refractivity contribution in [2.45, 2.75) is 39.0 Å². The van der Waals surface area contributed by atoms with Crippen LogP contribution in [0.5, 0.6) is 0 Å². The van der Waals surface area contributed by atoms with Gasteiger partial charge in [-0.15, -0.1) is 34.2 Å². The Morgan fingerprint density at radius 2 is 2.30 bits per heavy atom. The second-order valence-corrected chi connectivity index (χ2v) is 7.21. The van der Waals surface area contributed by atoms with Gasteiger partial charge in [0.2, 0.25) is 0 Å². The van der Waals surface area contributed by atoms with Crippen molar-refractivity contribution in [3.63, 3.8) is 0 Å². The highest BCUT2D eigenvalue weighted by molar-refractivity contribution is 14.0. The molecule has 132 valence electrons. The van der Waals surface area contributed by atoms with Crippen molar-refractivity contribution < 1.29 is 0 Å². The van der Waals surface area contributed by atoms with Crippen LogP contribution in [0.4, 0.5) is 0 Å². The molecule has 1 saturated heterocycles. The predicted octanol–water partition coefficient (Wildman–Crippen LogP) is 2.11. The molecule has 1 aromatic rings. The van der Waals surface area contributed by atoms with Crippen LogP contribution in [-0.4, -0.2) is 63.3 Å². The lowest BCUT2D eigenvalue weighted by Gasteiger charge is -2.36. The Balaban J connectivity index is 0.00000264. The quantitative estimate of drug-likeness (QED) is 0.422. The van der Waals surface area contributed by atoms with E-state index >= 15 is 0 Å². The van der Waals surface area contributed by atoms with Crippen LogP contribution < -0.4 is 5.32 Å². The van der Waals surface area contributed by atoms with Crippen molar-refractivity contribution in [3.8, 4) is 0 Å². The zero-order chi connectivity index (χ0) is 15.9. The van der Waals surface area contributed by atoms with E-state index in [2.05, 4.69) is 62.5 Å². The van der Waals surface area contributed by atoms with Gasteiger partial charge in [0.25, 0.3) is 0 Å². The van der Waals surface area contributed by atoms with E-state index in [1.54, 1.807) is 6.33 Å². The Morgan fingerprint density at radius 3 is 2.96 bits per heavy atom. The molecular formula is C15H29IN6S. The van der Waals surface area contributed by atoms with Gasteiger partial charge in [0.15, 0.2) is 5.96 Å². The van der Waals surface area contributed by atoms with Crippen molar-refractivity contribution in [2.75, 3.05) is 32.4 Å². The highest BCUT2D eigenvalue weighted by Gasteiger charge is 2.24. The first-order valence-electron chi connectivity index (χ1n) is 8.09. The Hall–Kier alpha value is -0.510. The number of aryl methyl sites for hydroxylation is 1. The molecule has 2 rings (SSSR count). The maximum absolute atomic E-state index is 4.45. The molecule has 1 N–H and O–H groups in total. The zero-order valence-electron chi connectivity index (χ0n) is 14.5. The fourth-order valence-corrected chi connectivity index (χ4v) is 3.93. The lowest BCUT2D eigenvalue weighted by atomic mass is 10.1. The largest absolute Gasteiger partial charge is 0.354 e. The van der Waals surface area contributed by atoms with Gasteiger partial charge in [0.1, 0.15) is 12.2 Å². The van der Waals surface area contributed by atoms with E-state index in [9.17, 15) is 0 Å². The number of aromatic nitrogens is 3. The lowest BCUT2D eigenvalue weighted by molar-refractivity contribution is 0.380. The van der Waals surface area contributed by atoms with Crippen LogP contribution in [-0.2, 0) is 13.0 Å². The summed E-state index contributed by atoms with van der Waals surface area (Å²) < 4.78 is 2.10. The average Bonchev–Trinajstić information content (AvgIpc) is 2.99. The molecule has 0 radical (unpaired) electrons. The number of rotatable bonds is 5. The first-order valence-corrected chi connectivity index (χ1v) is 9.14. The molecule has 6 nitrogen and oxygen atoms in total. The second-order valence-electron chi connectivity index (χ2n) is 5.87. The Kier molecular flexibility index (Phi) is 9.26. The summed E-state index contributed by atoms with van der Waals surface area (Å²) in [5, 5.41) is 12.3. The van der Waals surface area contributed by atoms with Crippen LogP contribution in [0, 0.1) is 5.92 Å². The number of nitrogens with one attached hydrogen (secondary N) is 1. The SMILES string of the molecule is CCc1nncn1CCNC(=NC)N1CCSC(C(C)C)C1.I. The normalized spacial score (nSPS) is 18.9. The molecule has 0 saturated carbocycles. The Morgan fingerprint density at radius 1 is 1.52 bits per heavy atom. The van der Waals surface area contributed by atoms with Crippen LogP contribution in [0.1, 0.15) is 26.6 Å². The van der Waals surface area contributed by atoms with Crippen LogP contribution in [0.25, 0.3) is 0 Å². The third-order valence-electron chi connectivity index (χ3n) is 4.00. The molecule has 0 amide bonds. The number of thioether (sulfide) groups is 1. The Bertz CT molecular complexity index is 490. The van der Waals surface area contributed by atoms with Crippen LogP contribution in [0.15, 0.2) is 11.3 Å². The van der Waals surface area contributed by atoms with Crippen LogP contribution >= 0.6 is 35.7 Å². The first-order chi connectivity index (χ1) is 10.7. The molecule has 8 heteroatoms. The maximum atomic E-state index is 4.45. The van der Waals surface area contributed by atoms with Gasteiger partial charge in [-0.1, -0.05) is 20.8 Å². The van der Waals surface area contributed by atoms with Crippen molar-refractivity contribution in [3.05, 3.63) is 12.2 Å². The van der Waals surface area contributed by atoms with Gasteiger partial charge >= 0.3 is 0 Å². The van der Waals surface area contributed by atoms with E-state index in [4.69, 9.17) is 0 Å². The number of hydrogen-bond acceptors (Lipinski definition) is 4. The monoisotopic (exact) mass is 452 g/mol. The van der Waals surface area contributed by atoms with Gasteiger partial charge in [-0.25, -0.2) is 0 Å². The van der Waals surface area contributed by atoms with E-state index in [-0.39, 0.29) is 24.0 Å². The molecule has 23 heavy (non-hydrogen) atoms. The molecule has 1 atom stereocenters. The van der Waals surface area contributed by atoms with E-state index < -0.39 is 0 Å². The van der Waals surface area contributed by atoms with E-state index in [0.29, 0.717) is 11.2 Å². The van der Waals surface area contributed by atoms with E-state index in [1.807, 2.05) is 7.05 Å². The van der Waals surface area contributed by atoms with Crippen molar-refractivity contribution in [2.24, 2.45) is 10.9 Å². The highest BCUT2D eigenvalue weighted by Crippen LogP contribution is 2.24. The molecule has 0 spiro atoms. The number of halogens is 1. The summed E-state index contributed by atoms with van der Waals surface area (Å²) in [6, 6.07) is 0. The third kappa shape index (κ3) is 5.81. The number of hydrogen-bond donors (Lipinski definition) is 1. The second kappa shape index (κ2) is 10.4. The van der Waals surface area contributed by atoms with Gasteiger partial charge in [0.05, 0.1) is 0 Å². The van der Waals surface area contributed by atoms with Gasteiger partial charge < -0.3 is 14.8 Å². The summed E-state index contributed by atoms with van der Waals surface area (Å²) in [4.78, 5) is 6.83. The van der Waals surface area contributed by atoms with Gasteiger partial charge in [-0.3, -0.25) is 4.99 Å². The predicted molar refractivity (Wildman–Crippen MR) is 109 cm³/mol. The minimum absolute atomic E-state index is 0. The van der Waals surface area contributed by atoms with Crippen molar-refractivity contribution >= 4 is 41.7 Å². The molecule has 2 heterocycles. The number of aliphatic imine (C=N–C) groups is 1. The van der Waals surface area contributed by atoms with Crippen molar-refractivity contribution in [1.29, 1.82) is 0 Å². The molecule has 1 fully saturated rings. The van der Waals surface area contributed by atoms with Crippen LogP contribution in [0.2, 0.25) is 0 Å². The minimum atomic E-state index is 0. The summed E-state index contributed by atoms with van der Waals surface area (Å²) in [5.74, 6) is 3.92. The summed E-state index contributed by atoms with van der Waals surface area (Å²) in [6.45, 7) is 10.6. The van der Waals surface area contributed by atoms with E-state index in [0.717, 1.165) is 44.4 Å². The highest BCUT2D eigenvalue weighted by atomic mass is 127. The Labute approximate surface area is 160 Å². The number of guanidine groups is 1. The summed E-state index contributed by atoms with van der Waals surface area (Å²) in [6.07, 6.45) is 2.71.